The molecule has 6 heteroatoms. The highest BCUT2D eigenvalue weighted by Gasteiger charge is 2.08. The summed E-state index contributed by atoms with van der Waals surface area (Å²) in [4.78, 5) is 23.0. The van der Waals surface area contributed by atoms with E-state index in [0.29, 0.717) is 25.0 Å². The molecule has 1 amide bonds. The Morgan fingerprint density at radius 2 is 1.95 bits per heavy atom. The van der Waals surface area contributed by atoms with E-state index in [0.717, 1.165) is 4.90 Å². The van der Waals surface area contributed by atoms with Gasteiger partial charge in [0, 0.05) is 29.5 Å². The van der Waals surface area contributed by atoms with Gasteiger partial charge in [0.15, 0.2) is 0 Å². The molecule has 1 atom stereocenters. The van der Waals surface area contributed by atoms with Crippen LogP contribution in [-0.2, 0) is 9.59 Å². The molecule has 0 saturated carbocycles. The number of hydrogen-bond acceptors (Lipinski definition) is 3. The summed E-state index contributed by atoms with van der Waals surface area (Å²) in [6.07, 6.45) is 1.72. The number of rotatable bonds is 9. The van der Waals surface area contributed by atoms with Crippen LogP contribution in [0.3, 0.4) is 0 Å². The monoisotopic (exact) mass is 313 g/mol. The fourth-order valence-corrected chi connectivity index (χ4v) is 2.62. The summed E-state index contributed by atoms with van der Waals surface area (Å²) < 4.78 is 12.7. The molecule has 0 radical (unpaired) electrons. The zero-order valence-corrected chi connectivity index (χ0v) is 12.8. The van der Waals surface area contributed by atoms with Gasteiger partial charge < -0.3 is 10.4 Å². The summed E-state index contributed by atoms with van der Waals surface area (Å²) in [5.74, 6) is -0.511. The number of carbonyl (C=O) groups excluding carboxylic acids is 1. The number of thioether (sulfide) groups is 1. The molecule has 0 fully saturated rings. The summed E-state index contributed by atoms with van der Waals surface area (Å²) in [6.45, 7) is 1.87. The molecule has 1 unspecified atom stereocenters. The second-order valence-corrected chi connectivity index (χ2v) is 5.98. The van der Waals surface area contributed by atoms with Crippen molar-refractivity contribution < 1.29 is 19.1 Å². The first-order valence-electron chi connectivity index (χ1n) is 6.87. The van der Waals surface area contributed by atoms with Crippen LogP contribution in [0, 0.1) is 5.82 Å². The van der Waals surface area contributed by atoms with Crippen molar-refractivity contribution in [3.8, 4) is 0 Å². The predicted molar refractivity (Wildman–Crippen MR) is 80.8 cm³/mol. The number of hydrogen-bond donors (Lipinski definition) is 2. The first-order chi connectivity index (χ1) is 9.97. The van der Waals surface area contributed by atoms with Gasteiger partial charge in [0.2, 0.25) is 5.91 Å². The average Bonchev–Trinajstić information content (AvgIpc) is 2.40. The van der Waals surface area contributed by atoms with Gasteiger partial charge in [-0.2, -0.15) is 0 Å². The van der Waals surface area contributed by atoms with Crippen LogP contribution in [0.1, 0.15) is 32.6 Å². The van der Waals surface area contributed by atoms with Crippen molar-refractivity contribution >= 4 is 23.6 Å². The van der Waals surface area contributed by atoms with E-state index >= 15 is 0 Å². The summed E-state index contributed by atoms with van der Waals surface area (Å²) in [5, 5.41) is 11.4. The van der Waals surface area contributed by atoms with Gasteiger partial charge >= 0.3 is 5.97 Å². The van der Waals surface area contributed by atoms with Crippen molar-refractivity contribution in [2.75, 3.05) is 5.75 Å². The Balaban J connectivity index is 2.15. The van der Waals surface area contributed by atoms with Crippen molar-refractivity contribution in [1.82, 2.24) is 5.32 Å². The summed E-state index contributed by atoms with van der Waals surface area (Å²) in [6, 6.07) is 6.14. The highest BCUT2D eigenvalue weighted by atomic mass is 32.2. The van der Waals surface area contributed by atoms with E-state index in [1.54, 1.807) is 12.1 Å². The number of benzene rings is 1. The molecule has 0 aliphatic carbocycles. The van der Waals surface area contributed by atoms with Gasteiger partial charge in [-0.3, -0.25) is 9.59 Å². The molecular formula is C15H20FNO3S. The Kier molecular flexibility index (Phi) is 7.82. The largest absolute Gasteiger partial charge is 0.481 e. The Hall–Kier alpha value is -1.56. The number of amides is 1. The SMILES string of the molecule is CC(CCCC(=O)O)NC(=O)CCSc1ccc(F)cc1. The first kappa shape index (κ1) is 17.5. The maximum atomic E-state index is 12.7. The minimum absolute atomic E-state index is 0.0207. The van der Waals surface area contributed by atoms with Gasteiger partial charge in [-0.15, -0.1) is 11.8 Å². The van der Waals surface area contributed by atoms with Crippen LogP contribution in [-0.4, -0.2) is 28.8 Å². The van der Waals surface area contributed by atoms with Gasteiger partial charge in [-0.05, 0) is 44.0 Å². The van der Waals surface area contributed by atoms with Gasteiger partial charge in [0.05, 0.1) is 0 Å². The topological polar surface area (TPSA) is 66.4 Å². The third kappa shape index (κ3) is 8.34. The normalized spacial score (nSPS) is 11.9. The molecule has 21 heavy (non-hydrogen) atoms. The highest BCUT2D eigenvalue weighted by molar-refractivity contribution is 7.99. The highest BCUT2D eigenvalue weighted by Crippen LogP contribution is 2.18. The Labute approximate surface area is 128 Å². The molecule has 0 aliphatic rings. The minimum atomic E-state index is -0.816. The summed E-state index contributed by atoms with van der Waals surface area (Å²) in [5.41, 5.74) is 0. The molecular weight excluding hydrogens is 293 g/mol. The molecule has 0 spiro atoms. The number of aliphatic carboxylic acids is 1. The maximum absolute atomic E-state index is 12.7. The van der Waals surface area contributed by atoms with E-state index in [9.17, 15) is 14.0 Å². The Morgan fingerprint density at radius 1 is 1.29 bits per heavy atom. The van der Waals surface area contributed by atoms with Gasteiger partial charge in [-0.1, -0.05) is 0 Å². The van der Waals surface area contributed by atoms with E-state index in [1.807, 2.05) is 6.92 Å². The number of halogens is 1. The zero-order valence-electron chi connectivity index (χ0n) is 12.0. The first-order valence-corrected chi connectivity index (χ1v) is 7.85. The third-order valence-corrected chi connectivity index (χ3v) is 3.86. The second-order valence-electron chi connectivity index (χ2n) is 4.81. The van der Waals surface area contributed by atoms with Crippen molar-refractivity contribution in [3.63, 3.8) is 0 Å². The smallest absolute Gasteiger partial charge is 0.303 e. The Morgan fingerprint density at radius 3 is 2.57 bits per heavy atom. The molecule has 0 aromatic heterocycles. The molecule has 0 heterocycles. The van der Waals surface area contributed by atoms with E-state index in [2.05, 4.69) is 5.32 Å². The maximum Gasteiger partial charge on any atom is 0.303 e. The minimum Gasteiger partial charge on any atom is -0.481 e. The number of carboxylic acid groups (broad SMARTS) is 1. The lowest BCUT2D eigenvalue weighted by atomic mass is 10.1. The van der Waals surface area contributed by atoms with Gasteiger partial charge in [-0.25, -0.2) is 4.39 Å². The molecule has 1 aromatic rings. The molecule has 1 aromatic carbocycles. The van der Waals surface area contributed by atoms with Crippen LogP contribution in [0.2, 0.25) is 0 Å². The van der Waals surface area contributed by atoms with E-state index in [-0.39, 0.29) is 24.2 Å². The van der Waals surface area contributed by atoms with Crippen LogP contribution in [0.5, 0.6) is 0 Å². The summed E-state index contributed by atoms with van der Waals surface area (Å²) >= 11 is 1.50. The lowest BCUT2D eigenvalue weighted by Gasteiger charge is -2.13. The Bertz CT molecular complexity index is 464. The van der Waals surface area contributed by atoms with Crippen LogP contribution < -0.4 is 5.32 Å². The van der Waals surface area contributed by atoms with Gasteiger partial charge in [0.1, 0.15) is 5.82 Å². The summed E-state index contributed by atoms with van der Waals surface area (Å²) in [7, 11) is 0. The molecule has 0 aliphatic heterocycles. The second kappa shape index (κ2) is 9.39. The van der Waals surface area contributed by atoms with E-state index in [1.165, 1.54) is 23.9 Å². The predicted octanol–water partition coefficient (Wildman–Crippen LogP) is 3.07. The zero-order chi connectivity index (χ0) is 15.7. The van der Waals surface area contributed by atoms with Crippen molar-refractivity contribution in [1.29, 1.82) is 0 Å². The third-order valence-electron chi connectivity index (χ3n) is 2.85. The number of nitrogens with one attached hydrogen (secondary N) is 1. The standard InChI is InChI=1S/C15H20FNO3S/c1-11(3-2-4-15(19)20)17-14(18)9-10-21-13-7-5-12(16)6-8-13/h5-8,11H,2-4,9-10H2,1H3,(H,17,18)(H,19,20). The fraction of sp³-hybridized carbons (Fsp3) is 0.467. The van der Waals surface area contributed by atoms with Crippen molar-refractivity contribution in [2.24, 2.45) is 0 Å². The lowest BCUT2D eigenvalue weighted by Crippen LogP contribution is -2.32. The molecule has 0 saturated heterocycles. The molecule has 4 nitrogen and oxygen atoms in total. The molecule has 2 N–H and O–H groups in total. The van der Waals surface area contributed by atoms with Crippen molar-refractivity contribution in [2.45, 2.75) is 43.5 Å². The molecule has 116 valence electrons. The van der Waals surface area contributed by atoms with Crippen LogP contribution in [0.4, 0.5) is 4.39 Å². The van der Waals surface area contributed by atoms with Crippen molar-refractivity contribution in [3.05, 3.63) is 30.1 Å². The molecule has 0 bridgehead atoms. The van der Waals surface area contributed by atoms with E-state index in [4.69, 9.17) is 5.11 Å². The van der Waals surface area contributed by atoms with Crippen LogP contribution in [0.15, 0.2) is 29.2 Å². The average molecular weight is 313 g/mol. The number of carbonyl (C=O) groups is 2. The lowest BCUT2D eigenvalue weighted by molar-refractivity contribution is -0.137. The van der Waals surface area contributed by atoms with E-state index < -0.39 is 5.97 Å². The fourth-order valence-electron chi connectivity index (χ4n) is 1.77. The molecule has 1 rings (SSSR count). The van der Waals surface area contributed by atoms with Crippen LogP contribution >= 0.6 is 11.8 Å². The quantitative estimate of drug-likeness (QED) is 0.688. The number of carboxylic acids is 1. The van der Waals surface area contributed by atoms with Crippen LogP contribution in [0.25, 0.3) is 0 Å². The van der Waals surface area contributed by atoms with Gasteiger partial charge in [0.25, 0.3) is 0 Å².